The van der Waals surface area contributed by atoms with Crippen molar-refractivity contribution in [1.82, 2.24) is 5.32 Å². The van der Waals surface area contributed by atoms with Crippen LogP contribution in [0.5, 0.6) is 0 Å². The van der Waals surface area contributed by atoms with Gasteiger partial charge in [-0.1, -0.05) is 37.3 Å². The third-order valence-corrected chi connectivity index (χ3v) is 1.96. The van der Waals surface area contributed by atoms with Gasteiger partial charge in [0, 0.05) is 5.56 Å². The lowest BCUT2D eigenvalue weighted by molar-refractivity contribution is 0.0952. The van der Waals surface area contributed by atoms with Crippen LogP contribution in [0.25, 0.3) is 0 Å². The maximum Gasteiger partial charge on any atom is 0.179 e. The van der Waals surface area contributed by atoms with Crippen molar-refractivity contribution in [1.29, 1.82) is 0 Å². The van der Waals surface area contributed by atoms with E-state index in [4.69, 9.17) is 0 Å². The molecule has 1 rings (SSSR count). The highest BCUT2D eigenvalue weighted by Gasteiger charge is 2.12. The van der Waals surface area contributed by atoms with Gasteiger partial charge in [0.2, 0.25) is 0 Å². The number of nitrogens with one attached hydrogen (secondary N) is 1. The molecule has 1 aromatic rings. The van der Waals surface area contributed by atoms with Gasteiger partial charge in [-0.25, -0.2) is 0 Å². The Balaban J connectivity index is 0.00000169. The molecule has 0 aliphatic rings. The molecule has 0 aliphatic heterocycles. The summed E-state index contributed by atoms with van der Waals surface area (Å²) in [5, 5.41) is 3.09. The van der Waals surface area contributed by atoms with E-state index < -0.39 is 0 Å². The van der Waals surface area contributed by atoms with Gasteiger partial charge >= 0.3 is 0 Å². The number of likely N-dealkylation sites (N-methyl/N-ethyl adjacent to an activating group) is 1. The Morgan fingerprint density at radius 3 is 2.43 bits per heavy atom. The van der Waals surface area contributed by atoms with Gasteiger partial charge in [-0.15, -0.1) is 12.4 Å². The minimum atomic E-state index is -0.0904. The lowest BCUT2D eigenvalue weighted by Crippen LogP contribution is -2.33. The minimum absolute atomic E-state index is 0. The van der Waals surface area contributed by atoms with Gasteiger partial charge < -0.3 is 5.32 Å². The normalized spacial score (nSPS) is 11.6. The van der Waals surface area contributed by atoms with Crippen LogP contribution in [-0.2, 0) is 0 Å². The third-order valence-electron chi connectivity index (χ3n) is 1.96. The second kappa shape index (κ2) is 6.57. The predicted molar refractivity (Wildman–Crippen MR) is 61.2 cm³/mol. The lowest BCUT2D eigenvalue weighted by atomic mass is 10.1. The number of benzene rings is 1. The standard InChI is InChI=1S/C11H15NO.ClH/c1-3-12-9(2)11(13)10-7-5-4-6-8-10;/h4-9,12H,3H2,1-2H3;1H. The highest BCUT2D eigenvalue weighted by Crippen LogP contribution is 2.02. The fourth-order valence-electron chi connectivity index (χ4n) is 1.25. The first-order valence-corrected chi connectivity index (χ1v) is 4.58. The molecule has 0 heterocycles. The van der Waals surface area contributed by atoms with Crippen LogP contribution in [0.15, 0.2) is 30.3 Å². The average molecular weight is 214 g/mol. The Morgan fingerprint density at radius 2 is 1.93 bits per heavy atom. The van der Waals surface area contributed by atoms with Crippen molar-refractivity contribution in [3.63, 3.8) is 0 Å². The first-order chi connectivity index (χ1) is 6.25. The number of hydrogen-bond acceptors (Lipinski definition) is 2. The minimum Gasteiger partial charge on any atom is -0.308 e. The van der Waals surface area contributed by atoms with Gasteiger partial charge in [-0.3, -0.25) is 4.79 Å². The Kier molecular flexibility index (Phi) is 6.17. The molecule has 2 nitrogen and oxygen atoms in total. The molecule has 0 fully saturated rings. The van der Waals surface area contributed by atoms with Crippen molar-refractivity contribution in [3.8, 4) is 0 Å². The van der Waals surface area contributed by atoms with Crippen LogP contribution in [-0.4, -0.2) is 18.4 Å². The summed E-state index contributed by atoms with van der Waals surface area (Å²) in [7, 11) is 0. The van der Waals surface area contributed by atoms with Crippen LogP contribution in [0, 0.1) is 0 Å². The SMILES string of the molecule is CCNC(C)C(=O)c1ccccc1.Cl. The van der Waals surface area contributed by atoms with Crippen LogP contribution in [0.2, 0.25) is 0 Å². The molecule has 0 saturated heterocycles. The van der Waals surface area contributed by atoms with Gasteiger partial charge in [0.1, 0.15) is 0 Å². The van der Waals surface area contributed by atoms with Crippen LogP contribution in [0.1, 0.15) is 24.2 Å². The first-order valence-electron chi connectivity index (χ1n) is 4.58. The van der Waals surface area contributed by atoms with Crippen LogP contribution in [0.3, 0.4) is 0 Å². The topological polar surface area (TPSA) is 29.1 Å². The molecule has 0 spiro atoms. The number of carbonyl (C=O) groups is 1. The first kappa shape index (κ1) is 13.1. The van der Waals surface area contributed by atoms with E-state index in [1.54, 1.807) is 0 Å². The third kappa shape index (κ3) is 3.48. The van der Waals surface area contributed by atoms with Crippen molar-refractivity contribution >= 4 is 18.2 Å². The van der Waals surface area contributed by atoms with E-state index in [1.165, 1.54) is 0 Å². The van der Waals surface area contributed by atoms with E-state index in [-0.39, 0.29) is 24.2 Å². The van der Waals surface area contributed by atoms with Crippen molar-refractivity contribution in [2.24, 2.45) is 0 Å². The number of halogens is 1. The highest BCUT2D eigenvalue weighted by molar-refractivity contribution is 5.99. The molecule has 0 bridgehead atoms. The Morgan fingerprint density at radius 1 is 1.36 bits per heavy atom. The molecular weight excluding hydrogens is 198 g/mol. The van der Waals surface area contributed by atoms with Gasteiger partial charge in [-0.2, -0.15) is 0 Å². The summed E-state index contributed by atoms with van der Waals surface area (Å²) in [5.74, 6) is 0.155. The fraction of sp³-hybridized carbons (Fsp3) is 0.364. The molecular formula is C11H16ClNO. The molecule has 1 aromatic carbocycles. The largest absolute Gasteiger partial charge is 0.308 e. The maximum absolute atomic E-state index is 11.7. The van der Waals surface area contributed by atoms with Gasteiger partial charge in [0.15, 0.2) is 5.78 Å². The summed E-state index contributed by atoms with van der Waals surface area (Å²) in [6, 6.07) is 9.27. The number of rotatable bonds is 4. The van der Waals surface area contributed by atoms with E-state index in [0.717, 1.165) is 12.1 Å². The molecule has 78 valence electrons. The molecule has 14 heavy (non-hydrogen) atoms. The van der Waals surface area contributed by atoms with Crippen molar-refractivity contribution in [3.05, 3.63) is 35.9 Å². The Bertz CT molecular complexity index is 274. The zero-order valence-electron chi connectivity index (χ0n) is 8.49. The lowest BCUT2D eigenvalue weighted by Gasteiger charge is -2.10. The summed E-state index contributed by atoms with van der Waals surface area (Å²) >= 11 is 0. The fourth-order valence-corrected chi connectivity index (χ4v) is 1.25. The van der Waals surface area contributed by atoms with E-state index in [2.05, 4.69) is 5.32 Å². The smallest absolute Gasteiger partial charge is 0.179 e. The molecule has 0 aromatic heterocycles. The molecule has 0 amide bonds. The molecule has 1 atom stereocenters. The van der Waals surface area contributed by atoms with Gasteiger partial charge in [0.25, 0.3) is 0 Å². The van der Waals surface area contributed by atoms with E-state index >= 15 is 0 Å². The summed E-state index contributed by atoms with van der Waals surface area (Å²) in [4.78, 5) is 11.7. The second-order valence-electron chi connectivity index (χ2n) is 3.01. The number of Topliss-reactive ketones (excluding diaryl/α,β-unsaturated/α-hetero) is 1. The van der Waals surface area contributed by atoms with E-state index in [9.17, 15) is 4.79 Å². The Labute approximate surface area is 91.1 Å². The second-order valence-corrected chi connectivity index (χ2v) is 3.01. The molecule has 0 radical (unpaired) electrons. The monoisotopic (exact) mass is 213 g/mol. The van der Waals surface area contributed by atoms with Crippen molar-refractivity contribution in [2.75, 3.05) is 6.54 Å². The number of ketones is 1. The zero-order chi connectivity index (χ0) is 9.68. The van der Waals surface area contributed by atoms with Crippen LogP contribution >= 0.6 is 12.4 Å². The van der Waals surface area contributed by atoms with Gasteiger partial charge in [0.05, 0.1) is 6.04 Å². The van der Waals surface area contributed by atoms with Crippen LogP contribution in [0.4, 0.5) is 0 Å². The Hall–Kier alpha value is -0.860. The quantitative estimate of drug-likeness (QED) is 0.778. The molecule has 3 heteroatoms. The van der Waals surface area contributed by atoms with E-state index in [1.807, 2.05) is 44.2 Å². The van der Waals surface area contributed by atoms with Crippen molar-refractivity contribution in [2.45, 2.75) is 19.9 Å². The van der Waals surface area contributed by atoms with Gasteiger partial charge in [-0.05, 0) is 13.5 Å². The summed E-state index contributed by atoms with van der Waals surface area (Å²) in [5.41, 5.74) is 0.774. The molecule has 0 saturated carbocycles. The zero-order valence-corrected chi connectivity index (χ0v) is 9.30. The predicted octanol–water partition coefficient (Wildman–Crippen LogP) is 2.29. The summed E-state index contributed by atoms with van der Waals surface area (Å²) < 4.78 is 0. The summed E-state index contributed by atoms with van der Waals surface area (Å²) in [6.45, 7) is 4.70. The summed E-state index contributed by atoms with van der Waals surface area (Å²) in [6.07, 6.45) is 0. The van der Waals surface area contributed by atoms with E-state index in [0.29, 0.717) is 0 Å². The van der Waals surface area contributed by atoms with Crippen molar-refractivity contribution < 1.29 is 4.79 Å². The number of carbonyl (C=O) groups excluding carboxylic acids is 1. The van der Waals surface area contributed by atoms with Crippen LogP contribution < -0.4 is 5.32 Å². The molecule has 1 N–H and O–H groups in total. The molecule has 1 unspecified atom stereocenters. The molecule has 0 aliphatic carbocycles. The average Bonchev–Trinajstić information content (AvgIpc) is 2.18. The number of hydrogen-bond donors (Lipinski definition) is 1. The maximum atomic E-state index is 11.7. The highest BCUT2D eigenvalue weighted by atomic mass is 35.5.